The number of amides is 2. The second kappa shape index (κ2) is 5.76. The van der Waals surface area contributed by atoms with E-state index in [0.717, 1.165) is 29.5 Å². The molecule has 0 bridgehead atoms. The molecule has 2 rings (SSSR count). The number of carbonyl (C=O) groups excluding carboxylic acids is 1. The van der Waals surface area contributed by atoms with Crippen LogP contribution in [0.3, 0.4) is 0 Å². The number of hydrogen-bond donors (Lipinski definition) is 3. The number of hydrogen-bond acceptors (Lipinski definition) is 2. The Morgan fingerprint density at radius 3 is 2.29 bits per heavy atom. The Bertz CT molecular complexity index is 546. The van der Waals surface area contributed by atoms with E-state index in [1.54, 1.807) is 6.92 Å². The van der Waals surface area contributed by atoms with Gasteiger partial charge in [0, 0.05) is 6.54 Å². The molecular weight excluding hydrogens is 268 g/mol. The van der Waals surface area contributed by atoms with Crippen molar-refractivity contribution < 1.29 is 14.7 Å². The van der Waals surface area contributed by atoms with Crippen LogP contribution in [0.25, 0.3) is 0 Å². The summed E-state index contributed by atoms with van der Waals surface area (Å²) in [5.41, 5.74) is 2.11. The molecule has 1 unspecified atom stereocenters. The molecule has 0 heterocycles. The monoisotopic (exact) mass is 290 g/mol. The largest absolute Gasteiger partial charge is 0.480 e. The lowest BCUT2D eigenvalue weighted by atomic mass is 9.96. The molecule has 1 saturated carbocycles. The zero-order valence-corrected chi connectivity index (χ0v) is 12.7. The van der Waals surface area contributed by atoms with Crippen molar-refractivity contribution in [3.05, 3.63) is 34.9 Å². The van der Waals surface area contributed by atoms with Crippen molar-refractivity contribution >= 4 is 12.0 Å². The molecule has 1 aliphatic carbocycles. The molecule has 1 aromatic rings. The second-order valence-electron chi connectivity index (χ2n) is 6.09. The van der Waals surface area contributed by atoms with Crippen LogP contribution in [0.1, 0.15) is 36.5 Å². The molecule has 1 fully saturated rings. The first kappa shape index (κ1) is 15.4. The van der Waals surface area contributed by atoms with Crippen molar-refractivity contribution in [2.45, 2.75) is 45.7 Å². The fourth-order valence-electron chi connectivity index (χ4n) is 2.62. The van der Waals surface area contributed by atoms with Crippen LogP contribution in [0, 0.1) is 19.8 Å². The van der Waals surface area contributed by atoms with E-state index >= 15 is 0 Å². The van der Waals surface area contributed by atoms with E-state index in [1.165, 1.54) is 0 Å². The van der Waals surface area contributed by atoms with Gasteiger partial charge in [0.2, 0.25) is 0 Å². The van der Waals surface area contributed by atoms with Crippen LogP contribution >= 0.6 is 0 Å². The molecule has 5 nitrogen and oxygen atoms in total. The molecule has 0 aromatic heterocycles. The Morgan fingerprint density at radius 2 is 1.81 bits per heavy atom. The molecule has 114 valence electrons. The van der Waals surface area contributed by atoms with Gasteiger partial charge in [-0.2, -0.15) is 0 Å². The highest BCUT2D eigenvalue weighted by Gasteiger charge is 2.48. The molecular formula is C16H22N2O3. The zero-order valence-electron chi connectivity index (χ0n) is 12.7. The maximum Gasteiger partial charge on any atom is 0.329 e. The maximum atomic E-state index is 12.0. The summed E-state index contributed by atoms with van der Waals surface area (Å²) in [6, 6.07) is 5.64. The number of urea groups is 1. The lowest BCUT2D eigenvalue weighted by Crippen LogP contribution is -2.56. The van der Waals surface area contributed by atoms with Crippen molar-refractivity contribution in [3.8, 4) is 0 Å². The fraction of sp³-hybridized carbons (Fsp3) is 0.500. The van der Waals surface area contributed by atoms with Gasteiger partial charge in [0.25, 0.3) is 0 Å². The number of carboxylic acids is 1. The van der Waals surface area contributed by atoms with Crippen LogP contribution in [0.15, 0.2) is 18.2 Å². The van der Waals surface area contributed by atoms with Crippen molar-refractivity contribution in [1.29, 1.82) is 0 Å². The van der Waals surface area contributed by atoms with E-state index in [9.17, 15) is 14.7 Å². The van der Waals surface area contributed by atoms with Gasteiger partial charge in [0.1, 0.15) is 5.54 Å². The minimum absolute atomic E-state index is 0.0296. The summed E-state index contributed by atoms with van der Waals surface area (Å²) in [6.07, 6.45) is 1.69. The van der Waals surface area contributed by atoms with Crippen molar-refractivity contribution in [2.24, 2.45) is 5.92 Å². The maximum absolute atomic E-state index is 12.0. The van der Waals surface area contributed by atoms with Gasteiger partial charge in [-0.15, -0.1) is 0 Å². The van der Waals surface area contributed by atoms with Gasteiger partial charge in [-0.05, 0) is 45.1 Å². The van der Waals surface area contributed by atoms with Crippen molar-refractivity contribution in [2.75, 3.05) is 0 Å². The smallest absolute Gasteiger partial charge is 0.329 e. The molecule has 0 saturated heterocycles. The summed E-state index contributed by atoms with van der Waals surface area (Å²) in [5.74, 6) is -0.950. The molecule has 3 N–H and O–H groups in total. The van der Waals surface area contributed by atoms with E-state index in [-0.39, 0.29) is 5.92 Å². The highest BCUT2D eigenvalue weighted by atomic mass is 16.4. The predicted octanol–water partition coefficient (Wildman–Crippen LogP) is 2.36. The summed E-state index contributed by atoms with van der Waals surface area (Å²) in [5, 5.41) is 14.6. The van der Waals surface area contributed by atoms with Gasteiger partial charge in [0.15, 0.2) is 0 Å². The minimum atomic E-state index is -1.17. The lowest BCUT2D eigenvalue weighted by Gasteiger charge is -2.26. The summed E-state index contributed by atoms with van der Waals surface area (Å²) < 4.78 is 0. The minimum Gasteiger partial charge on any atom is -0.480 e. The molecule has 1 atom stereocenters. The van der Waals surface area contributed by atoms with Crippen LogP contribution in [0.4, 0.5) is 4.79 Å². The molecule has 5 heteroatoms. The third-order valence-electron chi connectivity index (χ3n) is 3.95. The average molecular weight is 290 g/mol. The predicted molar refractivity (Wildman–Crippen MR) is 80.1 cm³/mol. The van der Waals surface area contributed by atoms with Crippen LogP contribution in [-0.2, 0) is 11.3 Å². The number of nitrogens with one attached hydrogen (secondary N) is 2. The summed E-state index contributed by atoms with van der Waals surface area (Å²) >= 11 is 0. The highest BCUT2D eigenvalue weighted by Crippen LogP contribution is 2.39. The molecule has 0 aliphatic heterocycles. The SMILES string of the molecule is Cc1cc(C)cc(CNC(=O)NC(C)(C(=O)O)C2CC2)c1. The number of carbonyl (C=O) groups is 2. The number of benzene rings is 1. The number of carboxylic acid groups (broad SMARTS) is 1. The molecule has 2 amide bonds. The first-order valence-electron chi connectivity index (χ1n) is 7.18. The topological polar surface area (TPSA) is 78.4 Å². The van der Waals surface area contributed by atoms with E-state index in [0.29, 0.717) is 6.54 Å². The molecule has 0 radical (unpaired) electrons. The van der Waals surface area contributed by atoms with Crippen molar-refractivity contribution in [3.63, 3.8) is 0 Å². The Hall–Kier alpha value is -2.04. The van der Waals surface area contributed by atoms with Gasteiger partial charge < -0.3 is 15.7 Å². The molecule has 21 heavy (non-hydrogen) atoms. The third kappa shape index (κ3) is 3.74. The standard InChI is InChI=1S/C16H22N2O3/c1-10-6-11(2)8-12(7-10)9-17-15(21)18-16(3,14(19)20)13-4-5-13/h6-8,13H,4-5,9H2,1-3H3,(H,19,20)(H2,17,18,21). The quantitative estimate of drug-likeness (QED) is 0.779. The summed E-state index contributed by atoms with van der Waals surface area (Å²) in [6.45, 7) is 5.97. The van der Waals surface area contributed by atoms with Gasteiger partial charge >= 0.3 is 12.0 Å². The highest BCUT2D eigenvalue weighted by molar-refractivity contribution is 5.86. The Kier molecular flexibility index (Phi) is 4.21. The molecule has 0 spiro atoms. The first-order chi connectivity index (χ1) is 9.81. The van der Waals surface area contributed by atoms with E-state index in [4.69, 9.17) is 0 Å². The normalized spacial score (nSPS) is 16.9. The van der Waals surface area contributed by atoms with Gasteiger partial charge in [0.05, 0.1) is 0 Å². The van der Waals surface area contributed by atoms with E-state index in [2.05, 4.69) is 16.7 Å². The summed E-state index contributed by atoms with van der Waals surface area (Å²) in [4.78, 5) is 23.3. The number of aryl methyl sites for hydroxylation is 2. The van der Waals surface area contributed by atoms with Gasteiger partial charge in [-0.3, -0.25) is 0 Å². The Labute approximate surface area is 124 Å². The van der Waals surface area contributed by atoms with Crippen LogP contribution in [0.5, 0.6) is 0 Å². The first-order valence-corrected chi connectivity index (χ1v) is 7.18. The van der Waals surface area contributed by atoms with E-state index < -0.39 is 17.5 Å². The van der Waals surface area contributed by atoms with Gasteiger partial charge in [-0.1, -0.05) is 29.3 Å². The van der Waals surface area contributed by atoms with E-state index in [1.807, 2.05) is 26.0 Å². The Balaban J connectivity index is 1.94. The van der Waals surface area contributed by atoms with Crippen LogP contribution in [0.2, 0.25) is 0 Å². The van der Waals surface area contributed by atoms with Crippen LogP contribution in [-0.4, -0.2) is 22.6 Å². The van der Waals surface area contributed by atoms with Crippen LogP contribution < -0.4 is 10.6 Å². The lowest BCUT2D eigenvalue weighted by molar-refractivity contribution is -0.144. The summed E-state index contributed by atoms with van der Waals surface area (Å²) in [7, 11) is 0. The van der Waals surface area contributed by atoms with Gasteiger partial charge in [-0.25, -0.2) is 9.59 Å². The molecule has 1 aromatic carbocycles. The zero-order chi connectivity index (χ0) is 15.6. The number of rotatable bonds is 5. The third-order valence-corrected chi connectivity index (χ3v) is 3.95. The average Bonchev–Trinajstić information content (AvgIpc) is 3.19. The second-order valence-corrected chi connectivity index (χ2v) is 6.09. The fourth-order valence-corrected chi connectivity index (χ4v) is 2.62. The number of aliphatic carboxylic acids is 1. The van der Waals surface area contributed by atoms with Crippen molar-refractivity contribution in [1.82, 2.24) is 10.6 Å². The molecule has 1 aliphatic rings. The Morgan fingerprint density at radius 1 is 1.24 bits per heavy atom.